The molecule has 0 saturated carbocycles. The van der Waals surface area contributed by atoms with Crippen LogP contribution in [0.2, 0.25) is 0 Å². The summed E-state index contributed by atoms with van der Waals surface area (Å²) in [5.74, 6) is 0.0888. The molecule has 0 spiro atoms. The number of anilines is 1. The third-order valence-electron chi connectivity index (χ3n) is 4.50. The third kappa shape index (κ3) is 3.51. The summed E-state index contributed by atoms with van der Waals surface area (Å²) in [5, 5.41) is 2.03. The molecule has 4 nitrogen and oxygen atoms in total. The molecule has 0 aliphatic carbocycles. The molecule has 0 bridgehead atoms. The Morgan fingerprint density at radius 1 is 1.07 bits per heavy atom. The van der Waals surface area contributed by atoms with Crippen LogP contribution in [0, 0.1) is 0 Å². The molecule has 2 aromatic carbocycles. The highest BCUT2D eigenvalue weighted by molar-refractivity contribution is 7.15. The molecule has 4 rings (SSSR count). The van der Waals surface area contributed by atoms with E-state index in [1.54, 1.807) is 11.3 Å². The first-order valence-corrected chi connectivity index (χ1v) is 9.89. The zero-order valence-electron chi connectivity index (χ0n) is 15.4. The molecule has 0 aliphatic rings. The van der Waals surface area contributed by atoms with Crippen LogP contribution in [0.25, 0.3) is 16.2 Å². The second-order valence-corrected chi connectivity index (χ2v) is 7.58. The van der Waals surface area contributed by atoms with E-state index >= 15 is 0 Å². The summed E-state index contributed by atoms with van der Waals surface area (Å²) in [4.78, 5) is 20.5. The van der Waals surface area contributed by atoms with Gasteiger partial charge in [-0.1, -0.05) is 48.5 Å². The number of thiazole rings is 1. The van der Waals surface area contributed by atoms with Crippen molar-refractivity contribution in [3.63, 3.8) is 0 Å². The Hall–Kier alpha value is -2.92. The van der Waals surface area contributed by atoms with E-state index in [9.17, 15) is 4.79 Å². The van der Waals surface area contributed by atoms with Crippen molar-refractivity contribution in [2.24, 2.45) is 0 Å². The summed E-state index contributed by atoms with van der Waals surface area (Å²) in [6.07, 6.45) is 2.36. The Balaban J connectivity index is 1.63. The van der Waals surface area contributed by atoms with E-state index in [0.29, 0.717) is 6.42 Å². The molecule has 27 heavy (non-hydrogen) atoms. The topological polar surface area (TPSA) is 37.6 Å². The normalized spacial score (nSPS) is 11.2. The Bertz CT molecular complexity index is 1050. The lowest BCUT2D eigenvalue weighted by molar-refractivity contribution is -0.118. The Morgan fingerprint density at radius 3 is 2.41 bits per heavy atom. The molecule has 2 aromatic heterocycles. The van der Waals surface area contributed by atoms with E-state index in [-0.39, 0.29) is 11.9 Å². The Labute approximate surface area is 162 Å². The van der Waals surface area contributed by atoms with Gasteiger partial charge < -0.3 is 4.90 Å². The van der Waals surface area contributed by atoms with Crippen LogP contribution in [0.5, 0.6) is 0 Å². The molecule has 0 unspecified atom stereocenters. The predicted molar refractivity (Wildman–Crippen MR) is 111 cm³/mol. The predicted octanol–water partition coefficient (Wildman–Crippen LogP) is 5.05. The molecule has 136 valence electrons. The fourth-order valence-corrected chi connectivity index (χ4v) is 4.14. The summed E-state index contributed by atoms with van der Waals surface area (Å²) in [6.45, 7) is 4.08. The van der Waals surface area contributed by atoms with Crippen molar-refractivity contribution in [2.75, 3.05) is 4.90 Å². The van der Waals surface area contributed by atoms with Gasteiger partial charge in [0.25, 0.3) is 0 Å². The molecule has 0 saturated heterocycles. The van der Waals surface area contributed by atoms with E-state index in [2.05, 4.69) is 0 Å². The van der Waals surface area contributed by atoms with Gasteiger partial charge in [-0.25, -0.2) is 4.98 Å². The van der Waals surface area contributed by atoms with Gasteiger partial charge in [0.05, 0.1) is 12.1 Å². The van der Waals surface area contributed by atoms with Crippen LogP contribution in [-0.2, 0) is 11.2 Å². The van der Waals surface area contributed by atoms with Gasteiger partial charge in [0.2, 0.25) is 5.91 Å². The number of carbonyl (C=O) groups excluding carboxylic acids is 1. The molecular weight excluding hydrogens is 354 g/mol. The van der Waals surface area contributed by atoms with Crippen LogP contribution in [0.4, 0.5) is 5.69 Å². The smallest absolute Gasteiger partial charge is 0.233 e. The number of amides is 1. The van der Waals surface area contributed by atoms with Crippen LogP contribution >= 0.6 is 11.3 Å². The lowest BCUT2D eigenvalue weighted by atomic mass is 10.2. The SMILES string of the molecule is CC(C)N(C(=O)Cc1csc2nc(-c3ccccc3)cn12)c1ccccc1. The molecule has 5 heteroatoms. The zero-order valence-corrected chi connectivity index (χ0v) is 16.2. The third-order valence-corrected chi connectivity index (χ3v) is 5.39. The second kappa shape index (κ2) is 7.37. The van der Waals surface area contributed by atoms with Gasteiger partial charge in [-0.2, -0.15) is 0 Å². The highest BCUT2D eigenvalue weighted by Gasteiger charge is 2.21. The lowest BCUT2D eigenvalue weighted by Gasteiger charge is -2.26. The molecule has 0 fully saturated rings. The maximum atomic E-state index is 13.1. The van der Waals surface area contributed by atoms with Crippen LogP contribution in [0.3, 0.4) is 0 Å². The number of carbonyl (C=O) groups is 1. The van der Waals surface area contributed by atoms with E-state index < -0.39 is 0 Å². The molecule has 4 aromatic rings. The van der Waals surface area contributed by atoms with Crippen molar-refractivity contribution in [1.82, 2.24) is 9.38 Å². The molecule has 0 atom stereocenters. The van der Waals surface area contributed by atoms with Crippen molar-refractivity contribution in [3.05, 3.63) is 77.9 Å². The zero-order chi connectivity index (χ0) is 18.8. The second-order valence-electron chi connectivity index (χ2n) is 6.74. The van der Waals surface area contributed by atoms with Crippen LogP contribution in [-0.4, -0.2) is 21.3 Å². The average molecular weight is 375 g/mol. The highest BCUT2D eigenvalue weighted by Crippen LogP contribution is 2.25. The van der Waals surface area contributed by atoms with Gasteiger partial charge in [0.15, 0.2) is 4.96 Å². The number of aromatic nitrogens is 2. The molecule has 0 aliphatic heterocycles. The van der Waals surface area contributed by atoms with Gasteiger partial charge in [0.1, 0.15) is 0 Å². The number of hydrogen-bond donors (Lipinski definition) is 0. The standard InChI is InChI=1S/C22H21N3OS/c1-16(2)25(18-11-7-4-8-12-18)21(26)13-19-15-27-22-23-20(14-24(19)22)17-9-5-3-6-10-17/h3-12,14-16H,13H2,1-2H3. The largest absolute Gasteiger partial charge is 0.310 e. The van der Waals surface area contributed by atoms with Gasteiger partial charge in [-0.15, -0.1) is 11.3 Å². The number of hydrogen-bond acceptors (Lipinski definition) is 3. The van der Waals surface area contributed by atoms with Gasteiger partial charge in [0, 0.05) is 34.6 Å². The van der Waals surface area contributed by atoms with E-state index in [1.807, 2.05) is 95.4 Å². The fraction of sp³-hybridized carbons (Fsp3) is 0.182. The first kappa shape index (κ1) is 17.5. The summed E-state index contributed by atoms with van der Waals surface area (Å²) in [7, 11) is 0. The van der Waals surface area contributed by atoms with Crippen LogP contribution in [0.1, 0.15) is 19.5 Å². The monoisotopic (exact) mass is 375 g/mol. The number of rotatable bonds is 5. The minimum absolute atomic E-state index is 0.0888. The number of imidazole rings is 1. The first-order valence-electron chi connectivity index (χ1n) is 9.01. The average Bonchev–Trinajstić information content (AvgIpc) is 3.25. The summed E-state index contributed by atoms with van der Waals surface area (Å²) < 4.78 is 2.04. The Kier molecular flexibility index (Phi) is 4.77. The maximum Gasteiger partial charge on any atom is 0.233 e. The van der Waals surface area contributed by atoms with Crippen molar-refractivity contribution in [2.45, 2.75) is 26.3 Å². The summed E-state index contributed by atoms with van der Waals surface area (Å²) in [6, 6.07) is 20.0. The molecule has 0 N–H and O–H groups in total. The van der Waals surface area contributed by atoms with Crippen LogP contribution in [0.15, 0.2) is 72.2 Å². The van der Waals surface area contributed by atoms with Crippen molar-refractivity contribution in [3.8, 4) is 11.3 Å². The van der Waals surface area contributed by atoms with Gasteiger partial charge in [-0.05, 0) is 26.0 Å². The molecule has 1 amide bonds. The Morgan fingerprint density at radius 2 is 1.74 bits per heavy atom. The van der Waals surface area contributed by atoms with Gasteiger partial charge in [-0.3, -0.25) is 9.20 Å². The first-order chi connectivity index (χ1) is 13.1. The number of benzene rings is 2. The maximum absolute atomic E-state index is 13.1. The van der Waals surface area contributed by atoms with Crippen molar-refractivity contribution >= 4 is 27.9 Å². The summed E-state index contributed by atoms with van der Waals surface area (Å²) >= 11 is 1.57. The number of fused-ring (bicyclic) bond motifs is 1. The lowest BCUT2D eigenvalue weighted by Crippen LogP contribution is -2.38. The van der Waals surface area contributed by atoms with E-state index in [0.717, 1.165) is 27.6 Å². The number of para-hydroxylation sites is 1. The van der Waals surface area contributed by atoms with E-state index in [1.165, 1.54) is 0 Å². The van der Waals surface area contributed by atoms with Gasteiger partial charge >= 0.3 is 0 Å². The van der Waals surface area contributed by atoms with Crippen molar-refractivity contribution < 1.29 is 4.79 Å². The molecular formula is C22H21N3OS. The summed E-state index contributed by atoms with van der Waals surface area (Å²) in [5.41, 5.74) is 3.91. The minimum atomic E-state index is 0.0888. The molecule has 0 radical (unpaired) electrons. The minimum Gasteiger partial charge on any atom is -0.310 e. The van der Waals surface area contributed by atoms with Crippen LogP contribution < -0.4 is 4.90 Å². The van der Waals surface area contributed by atoms with E-state index in [4.69, 9.17) is 4.98 Å². The molecule has 2 heterocycles. The highest BCUT2D eigenvalue weighted by atomic mass is 32.1. The fourth-order valence-electron chi connectivity index (χ4n) is 3.26. The quantitative estimate of drug-likeness (QED) is 0.490. The number of nitrogens with zero attached hydrogens (tertiary/aromatic N) is 3. The van der Waals surface area contributed by atoms with Crippen molar-refractivity contribution in [1.29, 1.82) is 0 Å².